The number of benzene rings is 6. The predicted octanol–water partition coefficient (Wildman–Crippen LogP) is -0.874. The lowest BCUT2D eigenvalue weighted by atomic mass is 9.86. The van der Waals surface area contributed by atoms with E-state index in [1.807, 2.05) is 109 Å². The second kappa shape index (κ2) is 28.9. The molecule has 0 aliphatic carbocycles. The first-order valence-corrected chi connectivity index (χ1v) is 26.3. The normalized spacial score (nSPS) is 19.3. The molecule has 12 nitrogen and oxygen atoms in total. The fourth-order valence-corrected chi connectivity index (χ4v) is 10.7. The van der Waals surface area contributed by atoms with E-state index in [0.29, 0.717) is 33.4 Å². The molecule has 15 heteroatoms. The topological polar surface area (TPSA) is 140 Å². The summed E-state index contributed by atoms with van der Waals surface area (Å²) in [5.41, 5.74) is -2.24. The number of carbonyl (C=O) groups excluding carboxylic acids is 3. The quantitative estimate of drug-likeness (QED) is 0.0812. The summed E-state index contributed by atoms with van der Waals surface area (Å²) in [6.07, 6.45) is 5.05. The summed E-state index contributed by atoms with van der Waals surface area (Å²) in [6.45, 7) is 5.54. The van der Waals surface area contributed by atoms with Crippen LogP contribution < -0.4 is 50.9 Å². The van der Waals surface area contributed by atoms with Crippen LogP contribution in [-0.4, -0.2) is 147 Å². The molecular weight excluding hydrogens is 1180 g/mol. The highest BCUT2D eigenvalue weighted by Gasteiger charge is 2.47. The Labute approximate surface area is 493 Å². The lowest BCUT2D eigenvalue weighted by molar-refractivity contribution is -0.898. The average molecular weight is 1260 g/mol. The molecule has 3 aliphatic rings. The van der Waals surface area contributed by atoms with Crippen LogP contribution in [0.1, 0.15) is 71.9 Å². The van der Waals surface area contributed by atoms with Gasteiger partial charge in [0.05, 0.1) is 61.9 Å². The van der Waals surface area contributed by atoms with Crippen LogP contribution in [0.15, 0.2) is 182 Å². The highest BCUT2D eigenvalue weighted by Crippen LogP contribution is 2.35. The van der Waals surface area contributed by atoms with Crippen molar-refractivity contribution >= 4 is 17.9 Å². The maximum atomic E-state index is 13.1. The lowest BCUT2D eigenvalue weighted by Crippen LogP contribution is -3.00. The van der Waals surface area contributed by atoms with Gasteiger partial charge in [-0.2, -0.15) is 0 Å². The maximum Gasteiger partial charge on any atom is 0.348 e. The van der Waals surface area contributed by atoms with E-state index in [-0.39, 0.29) is 69.3 Å². The largest absolute Gasteiger partial charge is 1.00 e. The standard InChI is InChI=1S/3C21H26NO3.3BrH/c3*1-22(2)15-9-14-19(16-22)25-20(23)21(24,17-10-5-3-6-11-17)18-12-7-4-8-13-18;;;/h3*3-8,10-13,19,24H,9,14-16H2,1-2H3;3*1H/q3*+1;;;/p-3. The van der Waals surface area contributed by atoms with Crippen LogP contribution in [0.3, 0.4) is 0 Å². The number of piperidine rings is 3. The Bertz CT molecular complexity index is 2340. The average Bonchev–Trinajstić information content (AvgIpc) is 3.41. The van der Waals surface area contributed by atoms with Crippen molar-refractivity contribution in [2.45, 2.75) is 73.6 Å². The molecule has 0 bridgehead atoms. The van der Waals surface area contributed by atoms with Gasteiger partial charge in [0.25, 0.3) is 0 Å². The summed E-state index contributed by atoms with van der Waals surface area (Å²) in [6, 6.07) is 54.1. The van der Waals surface area contributed by atoms with Gasteiger partial charge >= 0.3 is 17.9 Å². The van der Waals surface area contributed by atoms with Crippen LogP contribution in [0.2, 0.25) is 0 Å². The molecule has 3 aliphatic heterocycles. The summed E-state index contributed by atoms with van der Waals surface area (Å²) in [4.78, 5) is 39.2. The third-order valence-electron chi connectivity index (χ3n) is 14.8. The number of carbonyl (C=O) groups is 3. The van der Waals surface area contributed by atoms with E-state index in [4.69, 9.17) is 14.2 Å². The first-order chi connectivity index (χ1) is 35.7. The monoisotopic (exact) mass is 1260 g/mol. The zero-order chi connectivity index (χ0) is 53.7. The first-order valence-electron chi connectivity index (χ1n) is 26.3. The van der Waals surface area contributed by atoms with Gasteiger partial charge in [-0.1, -0.05) is 182 Å². The fourth-order valence-electron chi connectivity index (χ4n) is 10.7. The number of likely N-dealkylation sites (tertiary alicyclic amines) is 3. The second-order valence-electron chi connectivity index (χ2n) is 22.4. The smallest absolute Gasteiger partial charge is 0.348 e. The third kappa shape index (κ3) is 16.5. The van der Waals surface area contributed by atoms with Crippen molar-refractivity contribution in [1.82, 2.24) is 0 Å². The molecule has 78 heavy (non-hydrogen) atoms. The Hall–Kier alpha value is -5.07. The van der Waals surface area contributed by atoms with Gasteiger partial charge in [-0.25, -0.2) is 14.4 Å². The molecule has 420 valence electrons. The minimum atomic E-state index is -1.79. The molecule has 0 spiro atoms. The summed E-state index contributed by atoms with van der Waals surface area (Å²) in [7, 11) is 12.8. The Morgan fingerprint density at radius 3 is 0.667 bits per heavy atom. The van der Waals surface area contributed by atoms with Crippen LogP contribution >= 0.6 is 0 Å². The van der Waals surface area contributed by atoms with Gasteiger partial charge in [0, 0.05) is 19.3 Å². The van der Waals surface area contributed by atoms with Gasteiger partial charge in [-0.05, 0) is 52.6 Å². The number of hydrogen-bond acceptors (Lipinski definition) is 9. The zero-order valence-corrected chi connectivity index (χ0v) is 50.6. The van der Waals surface area contributed by atoms with Crippen molar-refractivity contribution in [2.24, 2.45) is 0 Å². The van der Waals surface area contributed by atoms with Crippen LogP contribution in [0.4, 0.5) is 0 Å². The van der Waals surface area contributed by atoms with E-state index in [1.165, 1.54) is 0 Å². The molecule has 3 fully saturated rings. The van der Waals surface area contributed by atoms with Crippen molar-refractivity contribution in [1.29, 1.82) is 0 Å². The Morgan fingerprint density at radius 1 is 0.346 bits per heavy atom. The number of nitrogens with zero attached hydrogens (tertiary/aromatic N) is 3. The number of quaternary nitrogens is 3. The maximum absolute atomic E-state index is 13.1. The minimum absolute atomic E-state index is 0. The zero-order valence-electron chi connectivity index (χ0n) is 45.8. The van der Waals surface area contributed by atoms with Crippen molar-refractivity contribution in [3.63, 3.8) is 0 Å². The number of rotatable bonds is 12. The number of likely N-dealkylation sites (N-methyl/N-ethyl adjacent to an activating group) is 3. The van der Waals surface area contributed by atoms with Crippen LogP contribution in [0.25, 0.3) is 0 Å². The second-order valence-corrected chi connectivity index (χ2v) is 22.4. The molecule has 3 unspecified atom stereocenters. The van der Waals surface area contributed by atoms with Crippen molar-refractivity contribution in [3.05, 3.63) is 215 Å². The summed E-state index contributed by atoms with van der Waals surface area (Å²) in [5, 5.41) is 34.2. The first kappa shape index (κ1) is 65.4. The van der Waals surface area contributed by atoms with E-state index in [0.717, 1.165) is 91.2 Å². The Balaban J connectivity index is 0.000000248. The van der Waals surface area contributed by atoms with Gasteiger partial charge in [-0.15, -0.1) is 0 Å². The molecule has 3 saturated heterocycles. The van der Waals surface area contributed by atoms with E-state index >= 15 is 0 Å². The number of hydrogen-bond donors (Lipinski definition) is 3. The summed E-state index contributed by atoms with van der Waals surface area (Å²) >= 11 is 0. The molecular formula is C63H78Br3N3O9. The van der Waals surface area contributed by atoms with E-state index < -0.39 is 34.7 Å². The summed E-state index contributed by atoms with van der Waals surface area (Å²) in [5.74, 6) is -1.80. The van der Waals surface area contributed by atoms with Gasteiger partial charge in [0.2, 0.25) is 16.8 Å². The molecule has 0 radical (unpaired) electrons. The van der Waals surface area contributed by atoms with Crippen molar-refractivity contribution < 1.29 is 108 Å². The van der Waals surface area contributed by atoms with Gasteiger partial charge in [0.1, 0.15) is 19.6 Å². The predicted molar refractivity (Wildman–Crippen MR) is 291 cm³/mol. The number of halogens is 3. The highest BCUT2D eigenvalue weighted by atomic mass is 79.9. The molecule has 6 aromatic rings. The van der Waals surface area contributed by atoms with Crippen LogP contribution in [0, 0.1) is 0 Å². The minimum Gasteiger partial charge on any atom is -1.00 e. The van der Waals surface area contributed by atoms with Crippen LogP contribution in [-0.2, 0) is 45.4 Å². The summed E-state index contributed by atoms with van der Waals surface area (Å²) < 4.78 is 19.9. The van der Waals surface area contributed by atoms with Gasteiger partial charge < -0.3 is 93.9 Å². The fraction of sp³-hybridized carbons (Fsp3) is 0.381. The molecule has 3 N–H and O–H groups in total. The number of aliphatic hydroxyl groups is 3. The number of ether oxygens (including phenoxy) is 3. The highest BCUT2D eigenvalue weighted by molar-refractivity contribution is 5.87. The molecule has 0 saturated carbocycles. The number of esters is 3. The third-order valence-corrected chi connectivity index (χ3v) is 14.8. The molecule has 6 aromatic carbocycles. The molecule has 9 rings (SSSR count). The lowest BCUT2D eigenvalue weighted by Gasteiger charge is -2.38. The molecule has 3 heterocycles. The van der Waals surface area contributed by atoms with E-state index in [1.54, 1.807) is 72.8 Å². The van der Waals surface area contributed by atoms with Crippen LogP contribution in [0.5, 0.6) is 0 Å². The van der Waals surface area contributed by atoms with Gasteiger partial charge in [0.15, 0.2) is 18.3 Å². The molecule has 3 atom stereocenters. The Kier molecular flexibility index (Phi) is 24.2. The van der Waals surface area contributed by atoms with Gasteiger partial charge in [-0.3, -0.25) is 0 Å². The van der Waals surface area contributed by atoms with E-state index in [2.05, 4.69) is 42.3 Å². The SMILES string of the molecule is C[N+]1(C)CCCC(OC(=O)C(O)(c2ccccc2)c2ccccc2)C1.C[N+]1(C)CCCC(OC(=O)C(O)(c2ccccc2)c2ccccc2)C1.C[N+]1(C)CCCC(OC(=O)C(O)(c2ccccc2)c2ccccc2)C1.[Br-].[Br-].[Br-]. The molecule has 0 amide bonds. The van der Waals surface area contributed by atoms with Crippen molar-refractivity contribution in [3.8, 4) is 0 Å². The molecule has 0 aromatic heterocycles. The van der Waals surface area contributed by atoms with Crippen molar-refractivity contribution in [2.75, 3.05) is 81.6 Å². The Morgan fingerprint density at radius 2 is 0.513 bits per heavy atom. The van der Waals surface area contributed by atoms with E-state index in [9.17, 15) is 29.7 Å².